The van der Waals surface area contributed by atoms with Crippen molar-refractivity contribution in [2.75, 3.05) is 0 Å². The number of nitro benzene ring substituents is 1. The minimum Gasteiger partial charge on any atom is -0.467 e. The molecule has 4 aromatic rings. The number of fused-ring (bicyclic) bond motifs is 1. The van der Waals surface area contributed by atoms with E-state index in [1.807, 2.05) is 6.07 Å². The largest absolute Gasteiger partial charge is 0.467 e. The maximum Gasteiger partial charge on any atom is 0.273 e. The highest BCUT2D eigenvalue weighted by Crippen LogP contribution is 2.27. The molecule has 0 aliphatic heterocycles. The number of furan rings is 1. The van der Waals surface area contributed by atoms with E-state index in [-0.39, 0.29) is 17.8 Å². The van der Waals surface area contributed by atoms with Crippen LogP contribution in [0.4, 0.5) is 5.69 Å². The molecule has 4 rings (SSSR count). The van der Waals surface area contributed by atoms with Gasteiger partial charge in [0.2, 0.25) is 0 Å². The molecule has 8 heteroatoms. The van der Waals surface area contributed by atoms with Crippen molar-refractivity contribution < 1.29 is 9.34 Å². The lowest BCUT2D eigenvalue weighted by molar-refractivity contribution is -0.385. The van der Waals surface area contributed by atoms with Gasteiger partial charge in [-0.2, -0.15) is 0 Å². The van der Waals surface area contributed by atoms with Crippen LogP contribution >= 0.6 is 11.8 Å². The zero-order valence-electron chi connectivity index (χ0n) is 14.6. The lowest BCUT2D eigenvalue weighted by Crippen LogP contribution is -2.23. The highest BCUT2D eigenvalue weighted by atomic mass is 32.2. The predicted molar refractivity (Wildman–Crippen MR) is 106 cm³/mol. The SMILES string of the molecule is O=c1c2ccccc2nc(SCc2ccccc2[N+](=O)[O-])n1Cc1ccco1. The summed E-state index contributed by atoms with van der Waals surface area (Å²) in [7, 11) is 0. The van der Waals surface area contributed by atoms with Crippen molar-refractivity contribution in [2.45, 2.75) is 17.5 Å². The predicted octanol–water partition coefficient (Wildman–Crippen LogP) is 4.24. The van der Waals surface area contributed by atoms with Gasteiger partial charge in [-0.1, -0.05) is 42.1 Å². The second-order valence-corrected chi connectivity index (χ2v) is 7.00. The van der Waals surface area contributed by atoms with Gasteiger partial charge in [-0.15, -0.1) is 0 Å². The molecule has 0 spiro atoms. The summed E-state index contributed by atoms with van der Waals surface area (Å²) in [4.78, 5) is 28.5. The van der Waals surface area contributed by atoms with Gasteiger partial charge < -0.3 is 4.42 Å². The van der Waals surface area contributed by atoms with Crippen LogP contribution in [0.2, 0.25) is 0 Å². The van der Waals surface area contributed by atoms with Gasteiger partial charge >= 0.3 is 0 Å². The van der Waals surface area contributed by atoms with Crippen LogP contribution in [0.25, 0.3) is 10.9 Å². The summed E-state index contributed by atoms with van der Waals surface area (Å²) in [6.45, 7) is 0.239. The van der Waals surface area contributed by atoms with Crippen LogP contribution in [0.15, 0.2) is 81.3 Å². The molecule has 0 N–H and O–H groups in total. The van der Waals surface area contributed by atoms with Gasteiger partial charge in [0.25, 0.3) is 11.2 Å². The van der Waals surface area contributed by atoms with Crippen LogP contribution in [-0.4, -0.2) is 14.5 Å². The molecule has 2 aromatic heterocycles. The maximum atomic E-state index is 13.0. The Labute approximate surface area is 163 Å². The quantitative estimate of drug-likeness (QED) is 0.211. The molecule has 0 unspecified atom stereocenters. The summed E-state index contributed by atoms with van der Waals surface area (Å²) in [5.74, 6) is 0.951. The van der Waals surface area contributed by atoms with E-state index in [1.165, 1.54) is 17.8 Å². The third-order valence-corrected chi connectivity index (χ3v) is 5.29. The van der Waals surface area contributed by atoms with Gasteiger partial charge in [-0.25, -0.2) is 4.98 Å². The number of aromatic nitrogens is 2. The first-order valence-electron chi connectivity index (χ1n) is 8.50. The Morgan fingerprint density at radius 3 is 2.64 bits per heavy atom. The van der Waals surface area contributed by atoms with Crippen molar-refractivity contribution in [1.82, 2.24) is 9.55 Å². The van der Waals surface area contributed by atoms with Crippen molar-refractivity contribution in [3.8, 4) is 0 Å². The first kappa shape index (κ1) is 18.0. The Bertz CT molecular complexity index is 1200. The van der Waals surface area contributed by atoms with Crippen molar-refractivity contribution in [1.29, 1.82) is 0 Å². The average molecular weight is 393 g/mol. The Morgan fingerprint density at radius 1 is 1.07 bits per heavy atom. The summed E-state index contributed by atoms with van der Waals surface area (Å²) >= 11 is 1.29. The molecule has 0 radical (unpaired) electrons. The number of hydrogen-bond donors (Lipinski definition) is 0. The van der Waals surface area contributed by atoms with Gasteiger partial charge in [0, 0.05) is 17.4 Å². The maximum absolute atomic E-state index is 13.0. The zero-order chi connectivity index (χ0) is 19.5. The van der Waals surface area contributed by atoms with Crippen LogP contribution in [0.3, 0.4) is 0 Å². The van der Waals surface area contributed by atoms with Gasteiger partial charge in [-0.05, 0) is 24.3 Å². The minimum atomic E-state index is -0.403. The van der Waals surface area contributed by atoms with E-state index in [9.17, 15) is 14.9 Å². The van der Waals surface area contributed by atoms with Crippen LogP contribution in [-0.2, 0) is 12.3 Å². The van der Waals surface area contributed by atoms with Crippen LogP contribution < -0.4 is 5.56 Å². The van der Waals surface area contributed by atoms with Crippen LogP contribution in [0.1, 0.15) is 11.3 Å². The topological polar surface area (TPSA) is 91.2 Å². The number of thioether (sulfide) groups is 1. The van der Waals surface area contributed by atoms with Crippen molar-refractivity contribution in [2.24, 2.45) is 0 Å². The van der Waals surface area contributed by atoms with E-state index in [0.717, 1.165) is 0 Å². The molecule has 28 heavy (non-hydrogen) atoms. The third kappa shape index (κ3) is 3.54. The Balaban J connectivity index is 1.75. The first-order chi connectivity index (χ1) is 13.6. The van der Waals surface area contributed by atoms with Gasteiger partial charge in [0.1, 0.15) is 5.76 Å². The number of para-hydroxylation sites is 2. The highest BCUT2D eigenvalue weighted by Gasteiger charge is 2.16. The smallest absolute Gasteiger partial charge is 0.273 e. The standard InChI is InChI=1S/C20H15N3O4S/c24-19-16-8-2-3-9-17(16)21-20(22(19)12-15-7-5-11-27-15)28-13-14-6-1-4-10-18(14)23(25)26/h1-11H,12-13H2. The van der Waals surface area contributed by atoms with Crippen LogP contribution in [0, 0.1) is 10.1 Å². The highest BCUT2D eigenvalue weighted by molar-refractivity contribution is 7.98. The summed E-state index contributed by atoms with van der Waals surface area (Å²) in [5, 5.41) is 12.3. The number of nitrogens with zero attached hydrogens (tertiary/aromatic N) is 3. The molecule has 0 saturated carbocycles. The van der Waals surface area contributed by atoms with Crippen molar-refractivity contribution in [3.05, 3.63) is 98.7 Å². The second-order valence-electron chi connectivity index (χ2n) is 6.06. The monoisotopic (exact) mass is 393 g/mol. The van der Waals surface area contributed by atoms with Crippen molar-refractivity contribution >= 4 is 28.4 Å². The number of rotatable bonds is 6. The van der Waals surface area contributed by atoms with E-state index in [4.69, 9.17) is 4.42 Å². The second kappa shape index (κ2) is 7.69. The molecule has 0 amide bonds. The van der Waals surface area contributed by atoms with Gasteiger partial charge in [0.15, 0.2) is 5.16 Å². The molecule has 0 atom stereocenters. The lowest BCUT2D eigenvalue weighted by atomic mass is 10.2. The summed E-state index contributed by atoms with van der Waals surface area (Å²) in [5.41, 5.74) is 1.04. The lowest BCUT2D eigenvalue weighted by Gasteiger charge is -2.12. The minimum absolute atomic E-state index is 0.0516. The Morgan fingerprint density at radius 2 is 1.86 bits per heavy atom. The molecule has 7 nitrogen and oxygen atoms in total. The molecule has 140 valence electrons. The Hall–Kier alpha value is -3.39. The third-order valence-electron chi connectivity index (χ3n) is 4.27. The van der Waals surface area contributed by atoms with Gasteiger partial charge in [0.05, 0.1) is 28.6 Å². The molecule has 2 aromatic carbocycles. The summed E-state index contributed by atoms with van der Waals surface area (Å²) in [6, 6.07) is 17.3. The molecular weight excluding hydrogens is 378 g/mol. The fourth-order valence-corrected chi connectivity index (χ4v) is 3.90. The molecular formula is C20H15N3O4S. The number of benzene rings is 2. The van der Waals surface area contributed by atoms with Gasteiger partial charge in [-0.3, -0.25) is 19.5 Å². The average Bonchev–Trinajstić information content (AvgIpc) is 3.22. The normalized spacial score (nSPS) is 11.0. The van der Waals surface area contributed by atoms with E-state index >= 15 is 0 Å². The van der Waals surface area contributed by atoms with E-state index in [1.54, 1.807) is 59.4 Å². The molecule has 0 saturated heterocycles. The summed E-state index contributed by atoms with van der Waals surface area (Å²) in [6.07, 6.45) is 1.55. The van der Waals surface area contributed by atoms with Crippen molar-refractivity contribution in [3.63, 3.8) is 0 Å². The molecule has 2 heterocycles. The van der Waals surface area contributed by atoms with Crippen LogP contribution in [0.5, 0.6) is 0 Å². The first-order valence-corrected chi connectivity index (χ1v) is 9.49. The number of hydrogen-bond acceptors (Lipinski definition) is 6. The molecule has 0 aliphatic rings. The summed E-state index contributed by atoms with van der Waals surface area (Å²) < 4.78 is 6.93. The van der Waals surface area contributed by atoms with E-state index < -0.39 is 4.92 Å². The fraction of sp³-hybridized carbons (Fsp3) is 0.100. The molecule has 0 bridgehead atoms. The number of nitro groups is 1. The Kier molecular flexibility index (Phi) is 4.94. The zero-order valence-corrected chi connectivity index (χ0v) is 15.5. The molecule has 0 aliphatic carbocycles. The van der Waals surface area contributed by atoms with E-state index in [2.05, 4.69) is 4.98 Å². The fourth-order valence-electron chi connectivity index (χ4n) is 2.91. The van der Waals surface area contributed by atoms with E-state index in [0.29, 0.717) is 33.1 Å². The molecule has 0 fully saturated rings.